The predicted molar refractivity (Wildman–Crippen MR) is 159 cm³/mol. The molecule has 0 spiro atoms. The number of nitrogens with one attached hydrogen (secondary N) is 2. The number of likely N-dealkylation sites (N-methyl/N-ethyl adjacent to an activating group) is 1. The van der Waals surface area contributed by atoms with Gasteiger partial charge in [0.25, 0.3) is 0 Å². The van der Waals surface area contributed by atoms with Gasteiger partial charge in [-0.15, -0.1) is 0 Å². The largest absolute Gasteiger partial charge is 0.494 e. The zero-order valence-electron chi connectivity index (χ0n) is 24.3. The van der Waals surface area contributed by atoms with Crippen molar-refractivity contribution in [3.05, 3.63) is 72.3 Å². The Morgan fingerprint density at radius 1 is 1.11 bits per heavy atom. The predicted octanol–water partition coefficient (Wildman–Crippen LogP) is 5.54. The zero-order chi connectivity index (χ0) is 31.4. The Morgan fingerprint density at radius 2 is 1.93 bits per heavy atom. The SMILES string of the molecule is C=CC(=O)Nc1cc(Nc2cc(N3OCCC3c3ccc(F)c(C(F)(F)F)c3)ncn2)c(OC)cc1N1CCCN(C)CC1. The van der Waals surface area contributed by atoms with Crippen LogP contribution in [-0.4, -0.2) is 67.7 Å². The smallest absolute Gasteiger partial charge is 0.419 e. The average Bonchev–Trinajstić information content (AvgIpc) is 3.39. The molecule has 0 aliphatic carbocycles. The van der Waals surface area contributed by atoms with Crippen LogP contribution in [0.1, 0.15) is 30.0 Å². The van der Waals surface area contributed by atoms with E-state index in [0.29, 0.717) is 29.4 Å². The van der Waals surface area contributed by atoms with Crippen molar-refractivity contribution in [2.45, 2.75) is 25.1 Å². The van der Waals surface area contributed by atoms with Gasteiger partial charge in [0.1, 0.15) is 23.7 Å². The van der Waals surface area contributed by atoms with Crippen molar-refractivity contribution in [2.24, 2.45) is 0 Å². The molecular weight excluding hydrogens is 582 g/mol. The van der Waals surface area contributed by atoms with Crippen LogP contribution in [0.3, 0.4) is 0 Å². The van der Waals surface area contributed by atoms with E-state index in [-0.39, 0.29) is 23.9 Å². The van der Waals surface area contributed by atoms with Crippen molar-refractivity contribution in [1.82, 2.24) is 14.9 Å². The second-order valence-electron chi connectivity index (χ2n) is 10.5. The van der Waals surface area contributed by atoms with E-state index in [1.54, 1.807) is 12.1 Å². The van der Waals surface area contributed by atoms with Crippen LogP contribution in [0.15, 0.2) is 55.4 Å². The summed E-state index contributed by atoms with van der Waals surface area (Å²) in [6.45, 7) is 7.16. The molecule has 0 saturated carbocycles. The highest BCUT2D eigenvalue weighted by Crippen LogP contribution is 2.41. The number of amides is 1. The van der Waals surface area contributed by atoms with Gasteiger partial charge in [0.2, 0.25) is 5.91 Å². The third-order valence-electron chi connectivity index (χ3n) is 7.55. The molecule has 5 rings (SSSR count). The molecule has 234 valence electrons. The number of hydroxylamine groups is 1. The van der Waals surface area contributed by atoms with Crippen molar-refractivity contribution in [2.75, 3.05) is 67.5 Å². The molecule has 1 atom stereocenters. The van der Waals surface area contributed by atoms with E-state index in [1.807, 2.05) is 6.07 Å². The third-order valence-corrected chi connectivity index (χ3v) is 7.55. The minimum Gasteiger partial charge on any atom is -0.494 e. The quantitative estimate of drug-likeness (QED) is 0.250. The van der Waals surface area contributed by atoms with Crippen molar-refractivity contribution in [3.8, 4) is 5.75 Å². The van der Waals surface area contributed by atoms with E-state index < -0.39 is 23.6 Å². The van der Waals surface area contributed by atoms with Crippen LogP contribution < -0.4 is 25.3 Å². The normalized spacial score (nSPS) is 17.7. The number of hydrogen-bond donors (Lipinski definition) is 2. The molecule has 3 aromatic rings. The Balaban J connectivity index is 1.44. The molecule has 44 heavy (non-hydrogen) atoms. The van der Waals surface area contributed by atoms with Crippen LogP contribution in [-0.2, 0) is 15.8 Å². The summed E-state index contributed by atoms with van der Waals surface area (Å²) in [6.07, 6.45) is -1.04. The Bertz CT molecular complexity index is 1520. The number of nitrogens with zero attached hydrogens (tertiary/aromatic N) is 5. The molecule has 14 heteroatoms. The summed E-state index contributed by atoms with van der Waals surface area (Å²) >= 11 is 0. The summed E-state index contributed by atoms with van der Waals surface area (Å²) in [6, 6.07) is 7.46. The molecule has 0 bridgehead atoms. The van der Waals surface area contributed by atoms with E-state index in [2.05, 4.69) is 44.0 Å². The Morgan fingerprint density at radius 3 is 2.68 bits per heavy atom. The number of benzene rings is 2. The molecule has 2 aliphatic heterocycles. The first-order chi connectivity index (χ1) is 21.1. The van der Waals surface area contributed by atoms with Crippen LogP contribution in [0.2, 0.25) is 0 Å². The molecule has 2 N–H and O–H groups in total. The van der Waals surface area contributed by atoms with Gasteiger partial charge in [-0.1, -0.05) is 12.6 Å². The monoisotopic (exact) mass is 615 g/mol. The highest BCUT2D eigenvalue weighted by atomic mass is 19.4. The van der Waals surface area contributed by atoms with E-state index in [4.69, 9.17) is 9.57 Å². The summed E-state index contributed by atoms with van der Waals surface area (Å²) in [5.74, 6) is -0.594. The summed E-state index contributed by atoms with van der Waals surface area (Å²) in [7, 11) is 3.61. The number of hydrogen-bond acceptors (Lipinski definition) is 9. The molecule has 1 aromatic heterocycles. The number of halogens is 4. The number of alkyl halides is 3. The number of rotatable bonds is 8. The van der Waals surface area contributed by atoms with Crippen molar-refractivity contribution < 1.29 is 31.9 Å². The summed E-state index contributed by atoms with van der Waals surface area (Å²) in [5, 5.41) is 7.48. The first kappa shape index (κ1) is 31.0. The average molecular weight is 616 g/mol. The van der Waals surface area contributed by atoms with Gasteiger partial charge in [-0.05, 0) is 49.9 Å². The molecule has 2 aliphatic rings. The van der Waals surface area contributed by atoms with Gasteiger partial charge in [0.15, 0.2) is 5.82 Å². The number of methoxy groups -OCH3 is 1. The molecule has 0 radical (unpaired) electrons. The van der Waals surface area contributed by atoms with Gasteiger partial charge in [-0.2, -0.15) is 13.2 Å². The van der Waals surface area contributed by atoms with Crippen LogP contribution in [0.5, 0.6) is 5.75 Å². The number of carbonyl (C=O) groups is 1. The minimum absolute atomic E-state index is 0.226. The topological polar surface area (TPSA) is 95.1 Å². The van der Waals surface area contributed by atoms with E-state index >= 15 is 0 Å². The number of aromatic nitrogens is 2. The van der Waals surface area contributed by atoms with Gasteiger partial charge in [-0.25, -0.2) is 19.4 Å². The number of ether oxygens (including phenoxy) is 1. The molecule has 3 heterocycles. The first-order valence-corrected chi connectivity index (χ1v) is 14.0. The number of carbonyl (C=O) groups excluding carboxylic acids is 1. The Kier molecular flexibility index (Phi) is 9.20. The first-order valence-electron chi connectivity index (χ1n) is 14.0. The van der Waals surface area contributed by atoms with E-state index in [0.717, 1.165) is 50.4 Å². The maximum absolute atomic E-state index is 13.9. The fraction of sp³-hybridized carbons (Fsp3) is 0.367. The standard InChI is InChI=1S/C30H33F4N7O3/c1-4-29(42)38-22-15-23(26(43-3)16-25(22)40-10-5-9-39(2)11-12-40)37-27-17-28(36-18-35-27)41-24(8-13-44-41)19-6-7-21(31)20(14-19)30(32,33)34/h4,6-7,14-18,24H,1,5,8-13H2,2-3H3,(H,38,42)(H,35,36,37). The van der Waals surface area contributed by atoms with Gasteiger partial charge < -0.3 is 25.2 Å². The Labute approximate surface area is 252 Å². The molecular formula is C30H33F4N7O3. The lowest BCUT2D eigenvalue weighted by atomic mass is 10.0. The van der Waals surface area contributed by atoms with Crippen molar-refractivity contribution in [3.63, 3.8) is 0 Å². The van der Waals surface area contributed by atoms with E-state index in [1.165, 1.54) is 30.6 Å². The highest BCUT2D eigenvalue weighted by Gasteiger charge is 2.37. The maximum Gasteiger partial charge on any atom is 0.419 e. The van der Waals surface area contributed by atoms with Crippen LogP contribution >= 0.6 is 0 Å². The second-order valence-corrected chi connectivity index (χ2v) is 10.5. The maximum atomic E-state index is 13.9. The van der Waals surface area contributed by atoms with Crippen LogP contribution in [0, 0.1) is 5.82 Å². The summed E-state index contributed by atoms with van der Waals surface area (Å²) < 4.78 is 59.8. The van der Waals surface area contributed by atoms with Gasteiger partial charge in [-0.3, -0.25) is 9.63 Å². The summed E-state index contributed by atoms with van der Waals surface area (Å²) in [4.78, 5) is 31.1. The second kappa shape index (κ2) is 13.1. The van der Waals surface area contributed by atoms with Crippen LogP contribution in [0.25, 0.3) is 0 Å². The van der Waals surface area contributed by atoms with Crippen molar-refractivity contribution in [1.29, 1.82) is 0 Å². The van der Waals surface area contributed by atoms with Gasteiger partial charge in [0, 0.05) is 38.2 Å². The van der Waals surface area contributed by atoms with Gasteiger partial charge >= 0.3 is 6.18 Å². The highest BCUT2D eigenvalue weighted by molar-refractivity contribution is 6.02. The lowest BCUT2D eigenvalue weighted by molar-refractivity contribution is -0.140. The molecule has 1 unspecified atom stereocenters. The van der Waals surface area contributed by atoms with Crippen molar-refractivity contribution >= 4 is 34.6 Å². The summed E-state index contributed by atoms with van der Waals surface area (Å²) in [5.41, 5.74) is 0.751. The molecule has 2 fully saturated rings. The molecule has 1 amide bonds. The third kappa shape index (κ3) is 6.86. The zero-order valence-corrected chi connectivity index (χ0v) is 24.3. The minimum atomic E-state index is -4.83. The molecule has 2 saturated heterocycles. The number of anilines is 5. The molecule has 2 aromatic carbocycles. The van der Waals surface area contributed by atoms with Gasteiger partial charge in [0.05, 0.1) is 42.4 Å². The van der Waals surface area contributed by atoms with Crippen LogP contribution in [0.4, 0.5) is 46.3 Å². The van der Waals surface area contributed by atoms with E-state index in [9.17, 15) is 22.4 Å². The lowest BCUT2D eigenvalue weighted by Gasteiger charge is -2.27. The fourth-order valence-electron chi connectivity index (χ4n) is 5.31. The fourth-order valence-corrected chi connectivity index (χ4v) is 5.31. The molecule has 10 nitrogen and oxygen atoms in total. The Hall–Kier alpha value is -4.43. The lowest BCUT2D eigenvalue weighted by Crippen LogP contribution is -2.29.